The van der Waals surface area contributed by atoms with Crippen LogP contribution in [0.2, 0.25) is 0 Å². The van der Waals surface area contributed by atoms with Gasteiger partial charge in [-0.1, -0.05) is 0 Å². The SMILES string of the molecule is CSCCC(NC(=O)CCC(N)C(=O)O)C(=O)O.O=C[C@H](O)[C@@H](O)[C@H](O)[C@H](O)CO. The summed E-state index contributed by atoms with van der Waals surface area (Å²) in [5, 5.41) is 63.3. The molecule has 0 fully saturated rings. The van der Waals surface area contributed by atoms with E-state index in [1.807, 2.05) is 6.26 Å². The molecule has 0 radical (unpaired) electrons. The molecule has 14 heteroatoms. The highest BCUT2D eigenvalue weighted by Gasteiger charge is 2.29. The minimum Gasteiger partial charge on any atom is -0.480 e. The number of amides is 1. The fourth-order valence-corrected chi connectivity index (χ4v) is 2.26. The van der Waals surface area contributed by atoms with Gasteiger partial charge in [0, 0.05) is 6.42 Å². The van der Waals surface area contributed by atoms with Crippen molar-refractivity contribution in [2.45, 2.75) is 55.8 Å². The summed E-state index contributed by atoms with van der Waals surface area (Å²) < 4.78 is 0. The van der Waals surface area contributed by atoms with Gasteiger partial charge in [0.05, 0.1) is 6.61 Å². The first-order valence-corrected chi connectivity index (χ1v) is 10.1. The second-order valence-electron chi connectivity index (χ2n) is 6.08. The van der Waals surface area contributed by atoms with E-state index in [2.05, 4.69) is 5.32 Å². The van der Waals surface area contributed by atoms with Crippen LogP contribution in [-0.2, 0) is 19.2 Å². The number of carbonyl (C=O) groups excluding carboxylic acids is 2. The molecule has 2 unspecified atom stereocenters. The zero-order chi connectivity index (χ0) is 23.9. The molecule has 30 heavy (non-hydrogen) atoms. The van der Waals surface area contributed by atoms with Crippen LogP contribution in [0.5, 0.6) is 0 Å². The van der Waals surface area contributed by atoms with E-state index in [9.17, 15) is 19.2 Å². The van der Waals surface area contributed by atoms with Crippen LogP contribution in [0.1, 0.15) is 19.3 Å². The van der Waals surface area contributed by atoms with Crippen LogP contribution in [-0.4, -0.2) is 115 Å². The van der Waals surface area contributed by atoms with Crippen molar-refractivity contribution in [3.05, 3.63) is 0 Å². The molecule has 13 nitrogen and oxygen atoms in total. The monoisotopic (exact) mass is 458 g/mol. The maximum Gasteiger partial charge on any atom is 0.326 e. The molecule has 1 amide bonds. The van der Waals surface area contributed by atoms with Crippen molar-refractivity contribution >= 4 is 35.9 Å². The summed E-state index contributed by atoms with van der Waals surface area (Å²) in [5.74, 6) is -2.16. The lowest BCUT2D eigenvalue weighted by atomic mass is 10.0. The Bertz CT molecular complexity index is 537. The lowest BCUT2D eigenvalue weighted by molar-refractivity contribution is -0.142. The van der Waals surface area contributed by atoms with Crippen LogP contribution in [0.25, 0.3) is 0 Å². The van der Waals surface area contributed by atoms with E-state index in [-0.39, 0.29) is 19.1 Å². The molecular weight excluding hydrogens is 428 g/mol. The number of nitrogens with one attached hydrogen (secondary N) is 1. The molecule has 0 aliphatic carbocycles. The van der Waals surface area contributed by atoms with Crippen molar-refractivity contribution in [2.24, 2.45) is 5.73 Å². The predicted octanol–water partition coefficient (Wildman–Crippen LogP) is -3.88. The summed E-state index contributed by atoms with van der Waals surface area (Å²) in [6.07, 6.45) is -4.79. The fraction of sp³-hybridized carbons (Fsp3) is 0.750. The van der Waals surface area contributed by atoms with Gasteiger partial charge in [0.2, 0.25) is 5.91 Å². The van der Waals surface area contributed by atoms with Crippen molar-refractivity contribution in [3.8, 4) is 0 Å². The number of aliphatic carboxylic acids is 2. The minimum atomic E-state index is -1.79. The van der Waals surface area contributed by atoms with E-state index >= 15 is 0 Å². The predicted molar refractivity (Wildman–Crippen MR) is 105 cm³/mol. The second kappa shape index (κ2) is 16.9. The van der Waals surface area contributed by atoms with Crippen LogP contribution in [0, 0.1) is 0 Å². The van der Waals surface area contributed by atoms with Crippen LogP contribution in [0.3, 0.4) is 0 Å². The number of rotatable bonds is 14. The average molecular weight is 458 g/mol. The summed E-state index contributed by atoms with van der Waals surface area (Å²) in [7, 11) is 0. The Morgan fingerprint density at radius 3 is 2.00 bits per heavy atom. The molecule has 0 heterocycles. The molecule has 0 bridgehead atoms. The molecular formula is C16H30N2O11S. The summed E-state index contributed by atoms with van der Waals surface area (Å²) in [6, 6.07) is -2.05. The first-order valence-electron chi connectivity index (χ1n) is 8.70. The highest BCUT2D eigenvalue weighted by atomic mass is 32.2. The number of carboxylic acids is 2. The first-order chi connectivity index (χ1) is 13.9. The van der Waals surface area contributed by atoms with Crippen molar-refractivity contribution in [3.63, 3.8) is 0 Å². The van der Waals surface area contributed by atoms with Gasteiger partial charge in [0.15, 0.2) is 6.29 Å². The average Bonchev–Trinajstić information content (AvgIpc) is 2.72. The lowest BCUT2D eigenvalue weighted by Crippen LogP contribution is -2.46. The molecule has 0 rings (SSSR count). The summed E-state index contributed by atoms with van der Waals surface area (Å²) >= 11 is 1.48. The van der Waals surface area contributed by atoms with Crippen molar-refractivity contribution in [1.29, 1.82) is 0 Å². The van der Waals surface area contributed by atoms with E-state index in [1.165, 1.54) is 11.8 Å². The van der Waals surface area contributed by atoms with E-state index in [0.717, 1.165) is 0 Å². The molecule has 0 aromatic heterocycles. The van der Waals surface area contributed by atoms with Gasteiger partial charge in [-0.15, -0.1) is 0 Å². The maximum absolute atomic E-state index is 11.4. The highest BCUT2D eigenvalue weighted by molar-refractivity contribution is 7.98. The first kappa shape index (κ1) is 30.4. The van der Waals surface area contributed by atoms with Crippen LogP contribution in [0.15, 0.2) is 0 Å². The molecule has 10 N–H and O–H groups in total. The van der Waals surface area contributed by atoms with E-state index in [4.69, 9.17) is 41.5 Å². The van der Waals surface area contributed by atoms with Crippen LogP contribution < -0.4 is 11.1 Å². The Labute approximate surface area is 176 Å². The van der Waals surface area contributed by atoms with Crippen molar-refractivity contribution in [1.82, 2.24) is 5.32 Å². The molecule has 0 aromatic carbocycles. The number of nitrogens with two attached hydrogens (primary N) is 1. The maximum atomic E-state index is 11.4. The molecule has 0 aliphatic heterocycles. The van der Waals surface area contributed by atoms with E-state index in [0.29, 0.717) is 12.2 Å². The molecule has 6 atom stereocenters. The molecule has 0 aliphatic rings. The van der Waals surface area contributed by atoms with Crippen LogP contribution in [0.4, 0.5) is 0 Å². The van der Waals surface area contributed by atoms with Crippen molar-refractivity contribution in [2.75, 3.05) is 18.6 Å². The van der Waals surface area contributed by atoms with Gasteiger partial charge in [0.1, 0.15) is 36.5 Å². The number of hydrogen-bond donors (Lipinski definition) is 9. The summed E-state index contributed by atoms with van der Waals surface area (Å²) in [6.45, 7) is -0.760. The number of aldehydes is 1. The standard InChI is InChI=1S/C10H18N2O5S.C6H12O6/c1-18-5-4-7(10(16)17)12-8(13)3-2-6(11)9(14)15;7-1-3(9)5(11)6(12)4(10)2-8/h6-7H,2-5,11H2,1H3,(H,12,13)(H,14,15)(H,16,17);1,3-6,8-12H,2H2/t;3-,4+,5+,6+/m.0/s1. The van der Waals surface area contributed by atoms with Gasteiger partial charge in [0.25, 0.3) is 0 Å². The second-order valence-corrected chi connectivity index (χ2v) is 7.07. The van der Waals surface area contributed by atoms with Crippen LogP contribution >= 0.6 is 11.8 Å². The molecule has 0 spiro atoms. The van der Waals surface area contributed by atoms with E-state index in [1.54, 1.807) is 0 Å². The number of carboxylic acid groups (broad SMARTS) is 2. The lowest BCUT2D eigenvalue weighted by Gasteiger charge is -2.22. The van der Waals surface area contributed by atoms with Gasteiger partial charge in [-0.2, -0.15) is 11.8 Å². The third-order valence-electron chi connectivity index (χ3n) is 3.66. The van der Waals surface area contributed by atoms with Crippen molar-refractivity contribution < 1.29 is 54.9 Å². The summed E-state index contributed by atoms with van der Waals surface area (Å²) in [5.41, 5.74) is 5.24. The fourth-order valence-electron chi connectivity index (χ4n) is 1.79. The largest absolute Gasteiger partial charge is 0.480 e. The molecule has 176 valence electrons. The quantitative estimate of drug-likeness (QED) is 0.113. The number of hydrogen-bond acceptors (Lipinski definition) is 11. The minimum absolute atomic E-state index is 0.0178. The third kappa shape index (κ3) is 13.4. The van der Waals surface area contributed by atoms with E-state index < -0.39 is 61.0 Å². The Kier molecular flexibility index (Phi) is 17.1. The number of carbonyl (C=O) groups is 4. The third-order valence-corrected chi connectivity index (χ3v) is 4.31. The smallest absolute Gasteiger partial charge is 0.326 e. The zero-order valence-corrected chi connectivity index (χ0v) is 17.1. The zero-order valence-electron chi connectivity index (χ0n) is 16.3. The van der Waals surface area contributed by atoms with Gasteiger partial charge in [-0.3, -0.25) is 9.59 Å². The number of aliphatic hydroxyl groups excluding tert-OH is 5. The Balaban J connectivity index is 0. The number of aliphatic hydroxyl groups is 5. The Hall–Kier alpha value is -1.81. The Morgan fingerprint density at radius 2 is 1.60 bits per heavy atom. The topological polar surface area (TPSA) is 248 Å². The van der Waals surface area contributed by atoms with Gasteiger partial charge < -0.3 is 51.6 Å². The van der Waals surface area contributed by atoms with Gasteiger partial charge >= 0.3 is 11.9 Å². The summed E-state index contributed by atoms with van der Waals surface area (Å²) in [4.78, 5) is 42.6. The molecule has 0 aromatic rings. The molecule has 0 saturated carbocycles. The van der Waals surface area contributed by atoms with Gasteiger partial charge in [-0.05, 0) is 24.9 Å². The van der Waals surface area contributed by atoms with Gasteiger partial charge in [-0.25, -0.2) is 4.79 Å². The Morgan fingerprint density at radius 1 is 1.03 bits per heavy atom. The molecule has 0 saturated heterocycles. The highest BCUT2D eigenvalue weighted by Crippen LogP contribution is 2.03. The number of thioether (sulfide) groups is 1. The normalized spacial score (nSPS) is 16.6.